The highest BCUT2D eigenvalue weighted by Crippen LogP contribution is 2.33. The molecule has 2 aromatic heterocycles. The fraction of sp³-hybridized carbons (Fsp3) is 0.269. The summed E-state index contributed by atoms with van der Waals surface area (Å²) in [6, 6.07) is 16.1. The van der Waals surface area contributed by atoms with Gasteiger partial charge in [0, 0.05) is 23.7 Å². The number of anilines is 1. The molecule has 170 valence electrons. The smallest absolute Gasteiger partial charge is 0.229 e. The van der Waals surface area contributed by atoms with Gasteiger partial charge in [0.1, 0.15) is 5.75 Å². The summed E-state index contributed by atoms with van der Waals surface area (Å²) >= 11 is 3.33. The number of carbonyl (C=O) groups excluding carboxylic acids is 1. The Balaban J connectivity index is 1.47. The zero-order valence-corrected chi connectivity index (χ0v) is 20.7. The summed E-state index contributed by atoms with van der Waals surface area (Å²) in [6.07, 6.45) is 4.79. The second-order valence-corrected chi connectivity index (χ2v) is 9.99. The quantitative estimate of drug-likeness (QED) is 0.206. The zero-order chi connectivity index (χ0) is 23.2. The van der Waals surface area contributed by atoms with E-state index in [0.29, 0.717) is 13.0 Å². The van der Waals surface area contributed by atoms with Crippen molar-refractivity contribution in [1.82, 2.24) is 9.97 Å². The van der Waals surface area contributed by atoms with Crippen LogP contribution in [0.1, 0.15) is 29.5 Å². The van der Waals surface area contributed by atoms with Crippen LogP contribution < -0.4 is 9.64 Å². The third kappa shape index (κ3) is 5.72. The summed E-state index contributed by atoms with van der Waals surface area (Å²) in [7, 11) is 1.67. The van der Waals surface area contributed by atoms with Gasteiger partial charge in [0.2, 0.25) is 5.91 Å². The van der Waals surface area contributed by atoms with E-state index < -0.39 is 0 Å². The van der Waals surface area contributed by atoms with Gasteiger partial charge in [-0.25, -0.2) is 4.98 Å². The van der Waals surface area contributed by atoms with Crippen LogP contribution in [0.15, 0.2) is 65.8 Å². The topological polar surface area (TPSA) is 55.3 Å². The third-order valence-electron chi connectivity index (χ3n) is 5.56. The van der Waals surface area contributed by atoms with Crippen molar-refractivity contribution in [1.29, 1.82) is 0 Å². The summed E-state index contributed by atoms with van der Waals surface area (Å²) in [5.74, 6) is 1.82. The van der Waals surface area contributed by atoms with Gasteiger partial charge in [0.15, 0.2) is 5.13 Å². The molecule has 1 amide bonds. The predicted molar refractivity (Wildman–Crippen MR) is 137 cm³/mol. The summed E-state index contributed by atoms with van der Waals surface area (Å²) in [6.45, 7) is 4.67. The number of hydrogen-bond acceptors (Lipinski definition) is 6. The maximum Gasteiger partial charge on any atom is 0.229 e. The van der Waals surface area contributed by atoms with Gasteiger partial charge in [-0.2, -0.15) is 0 Å². The summed E-state index contributed by atoms with van der Waals surface area (Å²) in [5.41, 5.74) is 4.40. The fourth-order valence-corrected chi connectivity index (χ4v) is 5.38. The number of hydrogen-bond donors (Lipinski definition) is 0. The van der Waals surface area contributed by atoms with E-state index in [4.69, 9.17) is 9.72 Å². The number of nitrogens with zero attached hydrogens (tertiary/aromatic N) is 3. The lowest BCUT2D eigenvalue weighted by molar-refractivity contribution is -0.118. The van der Waals surface area contributed by atoms with Gasteiger partial charge in [0.05, 0.1) is 23.9 Å². The molecule has 5 nitrogen and oxygen atoms in total. The fourth-order valence-electron chi connectivity index (χ4n) is 3.48. The molecule has 33 heavy (non-hydrogen) atoms. The van der Waals surface area contributed by atoms with Crippen LogP contribution in [0.3, 0.4) is 0 Å². The molecule has 4 rings (SSSR count). The normalized spacial score (nSPS) is 11.0. The monoisotopic (exact) mass is 477 g/mol. The zero-order valence-electron chi connectivity index (χ0n) is 19.1. The first-order valence-electron chi connectivity index (χ1n) is 10.9. The number of rotatable bonds is 9. The van der Waals surface area contributed by atoms with Crippen molar-refractivity contribution in [2.45, 2.75) is 38.1 Å². The van der Waals surface area contributed by atoms with E-state index >= 15 is 0 Å². The number of fused-ring (bicyclic) bond motifs is 1. The number of thiazole rings is 1. The predicted octanol–water partition coefficient (Wildman–Crippen LogP) is 6.42. The highest BCUT2D eigenvalue weighted by Gasteiger charge is 2.21. The van der Waals surface area contributed by atoms with Crippen LogP contribution in [0.5, 0.6) is 5.75 Å². The molecule has 0 atom stereocenters. The molecule has 0 aliphatic carbocycles. The van der Waals surface area contributed by atoms with Gasteiger partial charge >= 0.3 is 0 Å². The molecule has 0 spiro atoms. The molecule has 0 N–H and O–H groups in total. The average Bonchev–Trinajstić information content (AvgIpc) is 3.28. The molecule has 0 unspecified atom stereocenters. The van der Waals surface area contributed by atoms with Crippen LogP contribution in [0.2, 0.25) is 0 Å². The number of thioether (sulfide) groups is 1. The highest BCUT2D eigenvalue weighted by molar-refractivity contribution is 7.99. The molecule has 0 saturated heterocycles. The molecule has 7 heteroatoms. The molecule has 0 fully saturated rings. The first kappa shape index (κ1) is 23.3. The van der Waals surface area contributed by atoms with Crippen LogP contribution >= 0.6 is 23.1 Å². The number of ether oxygens (including phenoxy) is 1. The van der Waals surface area contributed by atoms with Crippen molar-refractivity contribution in [2.75, 3.05) is 17.8 Å². The highest BCUT2D eigenvalue weighted by atomic mass is 32.2. The maximum absolute atomic E-state index is 13.3. The van der Waals surface area contributed by atoms with E-state index in [2.05, 4.69) is 31.0 Å². The SMILES string of the molecule is COc1ccc(SCCCC(=O)N(Cc2ccncc2)c2nc3c(C)c(C)ccc3s2)cc1. The molecule has 0 radical (unpaired) electrons. The largest absolute Gasteiger partial charge is 0.497 e. The first-order valence-corrected chi connectivity index (χ1v) is 12.7. The van der Waals surface area contributed by atoms with Crippen LogP contribution in [0.25, 0.3) is 10.2 Å². The van der Waals surface area contributed by atoms with Crippen LogP contribution in [-0.2, 0) is 11.3 Å². The van der Waals surface area contributed by atoms with Gasteiger partial charge < -0.3 is 4.74 Å². The standard InChI is InChI=1S/C26H27N3O2S2/c1-18-6-11-23-25(19(18)2)28-26(33-23)29(17-20-12-14-27-15-13-20)24(30)5-4-16-32-22-9-7-21(31-3)8-10-22/h6-15H,4-5,16-17H2,1-3H3. The van der Waals surface area contributed by atoms with Crippen LogP contribution in [0, 0.1) is 13.8 Å². The lowest BCUT2D eigenvalue weighted by Gasteiger charge is -2.20. The molecule has 2 aromatic carbocycles. The van der Waals surface area contributed by atoms with Crippen molar-refractivity contribution in [3.8, 4) is 5.75 Å². The Morgan fingerprint density at radius 3 is 2.55 bits per heavy atom. The van der Waals surface area contributed by atoms with Crippen molar-refractivity contribution in [3.05, 3.63) is 77.6 Å². The second-order valence-electron chi connectivity index (χ2n) is 7.81. The van der Waals surface area contributed by atoms with Crippen molar-refractivity contribution in [3.63, 3.8) is 0 Å². The Kier molecular flexibility index (Phi) is 7.62. The van der Waals surface area contributed by atoms with Gasteiger partial charge in [0.25, 0.3) is 0 Å². The van der Waals surface area contributed by atoms with Crippen molar-refractivity contribution < 1.29 is 9.53 Å². The van der Waals surface area contributed by atoms with Gasteiger partial charge in [-0.3, -0.25) is 14.7 Å². The van der Waals surface area contributed by atoms with Crippen molar-refractivity contribution >= 4 is 44.4 Å². The van der Waals surface area contributed by atoms with E-state index in [9.17, 15) is 4.79 Å². The molecular formula is C26H27N3O2S2. The minimum atomic E-state index is 0.0931. The number of aromatic nitrogens is 2. The Hall–Kier alpha value is -2.90. The Bertz CT molecular complexity index is 1220. The minimum absolute atomic E-state index is 0.0931. The Morgan fingerprint density at radius 1 is 1.06 bits per heavy atom. The second kappa shape index (κ2) is 10.8. The molecule has 2 heterocycles. The Labute approximate surface area is 202 Å². The van der Waals surface area contributed by atoms with Crippen molar-refractivity contribution in [2.24, 2.45) is 0 Å². The molecule has 0 aliphatic rings. The molecular weight excluding hydrogens is 450 g/mol. The Morgan fingerprint density at radius 2 is 1.82 bits per heavy atom. The number of aryl methyl sites for hydroxylation is 2. The number of benzene rings is 2. The van der Waals surface area contributed by atoms with Gasteiger partial charge in [-0.15, -0.1) is 11.8 Å². The molecule has 4 aromatic rings. The summed E-state index contributed by atoms with van der Waals surface area (Å²) < 4.78 is 6.32. The average molecular weight is 478 g/mol. The van der Waals surface area contributed by atoms with E-state index in [-0.39, 0.29) is 5.91 Å². The first-order chi connectivity index (χ1) is 16.0. The van der Waals surface area contributed by atoms with E-state index in [0.717, 1.165) is 38.8 Å². The summed E-state index contributed by atoms with van der Waals surface area (Å²) in [4.78, 5) is 25.3. The third-order valence-corrected chi connectivity index (χ3v) is 7.70. The van der Waals surface area contributed by atoms with E-state index in [1.807, 2.05) is 41.3 Å². The van der Waals surface area contributed by atoms with E-state index in [1.54, 1.807) is 42.6 Å². The lowest BCUT2D eigenvalue weighted by atomic mass is 10.1. The van der Waals surface area contributed by atoms with Gasteiger partial charge in [-0.1, -0.05) is 17.4 Å². The number of pyridine rings is 1. The van der Waals surface area contributed by atoms with Crippen LogP contribution in [-0.4, -0.2) is 28.7 Å². The van der Waals surface area contributed by atoms with Crippen LogP contribution in [0.4, 0.5) is 5.13 Å². The van der Waals surface area contributed by atoms with E-state index in [1.165, 1.54) is 16.0 Å². The van der Waals surface area contributed by atoms with Gasteiger partial charge in [-0.05, 0) is 85.2 Å². The lowest BCUT2D eigenvalue weighted by Crippen LogP contribution is -2.30. The summed E-state index contributed by atoms with van der Waals surface area (Å²) in [5, 5.41) is 0.753. The number of methoxy groups -OCH3 is 1. The number of carbonyl (C=O) groups is 1. The number of amides is 1. The molecule has 0 bridgehead atoms. The maximum atomic E-state index is 13.3. The molecule has 0 saturated carbocycles. The minimum Gasteiger partial charge on any atom is -0.497 e. The molecule has 0 aliphatic heterocycles.